The first-order valence-corrected chi connectivity index (χ1v) is 7.74. The van der Waals surface area contributed by atoms with Crippen molar-refractivity contribution in [3.05, 3.63) is 56.3 Å². The van der Waals surface area contributed by atoms with Crippen LogP contribution in [0.3, 0.4) is 0 Å². The second-order valence-corrected chi connectivity index (χ2v) is 6.92. The van der Waals surface area contributed by atoms with E-state index in [2.05, 4.69) is 26.2 Å². The molecule has 0 fully saturated rings. The monoisotopic (exact) mass is 366 g/mol. The first kappa shape index (κ1) is 13.5. The van der Waals surface area contributed by atoms with Crippen molar-refractivity contribution in [2.75, 3.05) is 5.32 Å². The Morgan fingerprint density at radius 1 is 1.25 bits per heavy atom. The molecule has 3 rings (SSSR count). The number of pyridine rings is 1. The Morgan fingerprint density at radius 2 is 2.10 bits per heavy atom. The Bertz CT molecular complexity index is 803. The maximum absolute atomic E-state index is 12.2. The third-order valence-corrected chi connectivity index (χ3v) is 4.69. The largest absolute Gasteiger partial charge is 0.321 e. The molecule has 0 radical (unpaired) electrons. The number of hydrogen-bond donors (Lipinski definition) is 1. The van der Waals surface area contributed by atoms with Gasteiger partial charge >= 0.3 is 0 Å². The number of anilines is 1. The molecule has 1 N–H and O–H groups in total. The van der Waals surface area contributed by atoms with E-state index < -0.39 is 0 Å². The van der Waals surface area contributed by atoms with E-state index in [1.54, 1.807) is 24.4 Å². The van der Waals surface area contributed by atoms with Gasteiger partial charge in [0.25, 0.3) is 5.91 Å². The lowest BCUT2D eigenvalue weighted by molar-refractivity contribution is 0.103. The number of nitrogens with zero attached hydrogens (tertiary/aromatic N) is 1. The van der Waals surface area contributed by atoms with Crippen molar-refractivity contribution in [2.24, 2.45) is 0 Å². The van der Waals surface area contributed by atoms with Crippen molar-refractivity contribution >= 4 is 61.4 Å². The van der Waals surface area contributed by atoms with Crippen molar-refractivity contribution in [3.63, 3.8) is 0 Å². The molecule has 0 saturated carbocycles. The van der Waals surface area contributed by atoms with Crippen molar-refractivity contribution < 1.29 is 4.79 Å². The molecule has 2 aromatic heterocycles. The summed E-state index contributed by atoms with van der Waals surface area (Å²) in [6.07, 6.45) is 1.68. The third-order valence-electron chi connectivity index (χ3n) is 2.77. The van der Waals surface area contributed by atoms with Crippen LogP contribution in [0, 0.1) is 0 Å². The minimum Gasteiger partial charge on any atom is -0.321 e. The second-order valence-electron chi connectivity index (χ2n) is 4.05. The van der Waals surface area contributed by atoms with Gasteiger partial charge in [-0.3, -0.25) is 9.78 Å². The van der Waals surface area contributed by atoms with Gasteiger partial charge in [-0.1, -0.05) is 11.6 Å². The predicted octanol–water partition coefficient (Wildman–Crippen LogP) is 4.96. The molecule has 2 heterocycles. The van der Waals surface area contributed by atoms with Gasteiger partial charge in [-0.05, 0) is 52.3 Å². The Kier molecular flexibility index (Phi) is 3.74. The van der Waals surface area contributed by atoms with Crippen LogP contribution >= 0.6 is 38.9 Å². The number of carbonyl (C=O) groups excluding carboxylic acids is 1. The molecule has 0 spiro atoms. The highest BCUT2D eigenvalue weighted by molar-refractivity contribution is 9.11. The summed E-state index contributed by atoms with van der Waals surface area (Å²) in [4.78, 5) is 17.1. The molecule has 1 amide bonds. The van der Waals surface area contributed by atoms with Crippen molar-refractivity contribution in [2.45, 2.75) is 0 Å². The summed E-state index contributed by atoms with van der Waals surface area (Å²) in [6.45, 7) is 0. The summed E-state index contributed by atoms with van der Waals surface area (Å²) in [6, 6.07) is 10.8. The maximum Gasteiger partial charge on any atom is 0.265 e. The molecule has 0 aliphatic heterocycles. The first-order chi connectivity index (χ1) is 9.65. The molecule has 20 heavy (non-hydrogen) atoms. The van der Waals surface area contributed by atoms with E-state index >= 15 is 0 Å². The van der Waals surface area contributed by atoms with E-state index in [1.165, 1.54) is 11.3 Å². The molecule has 0 aliphatic rings. The highest BCUT2D eigenvalue weighted by Crippen LogP contribution is 2.29. The summed E-state index contributed by atoms with van der Waals surface area (Å²) in [7, 11) is 0. The Balaban J connectivity index is 1.99. The van der Waals surface area contributed by atoms with Crippen LogP contribution in [0.4, 0.5) is 5.69 Å². The molecule has 100 valence electrons. The standard InChI is InChI=1S/C14H8BrClN2OS/c15-12-6-5-11(20-12)14(19)18-10-4-3-9(16)13-8(10)2-1-7-17-13/h1-7H,(H,18,19). The average molecular weight is 368 g/mol. The van der Waals surface area contributed by atoms with Crippen LogP contribution in [0.5, 0.6) is 0 Å². The molecule has 3 aromatic rings. The molecule has 3 nitrogen and oxygen atoms in total. The highest BCUT2D eigenvalue weighted by atomic mass is 79.9. The number of amides is 1. The molecule has 6 heteroatoms. The zero-order valence-corrected chi connectivity index (χ0v) is 13.2. The van der Waals surface area contributed by atoms with Gasteiger partial charge in [0, 0.05) is 11.6 Å². The molecular weight excluding hydrogens is 360 g/mol. The number of aromatic nitrogens is 1. The molecule has 0 unspecified atom stereocenters. The van der Waals surface area contributed by atoms with Crippen LogP contribution in [0.2, 0.25) is 5.02 Å². The number of rotatable bonds is 2. The van der Waals surface area contributed by atoms with E-state index in [0.717, 1.165) is 9.17 Å². The highest BCUT2D eigenvalue weighted by Gasteiger charge is 2.12. The molecule has 1 aromatic carbocycles. The summed E-state index contributed by atoms with van der Waals surface area (Å²) >= 11 is 10.8. The van der Waals surface area contributed by atoms with Crippen LogP contribution in [0.25, 0.3) is 10.9 Å². The van der Waals surface area contributed by atoms with E-state index in [1.807, 2.05) is 18.2 Å². The maximum atomic E-state index is 12.2. The fourth-order valence-electron chi connectivity index (χ4n) is 1.87. The average Bonchev–Trinajstić information content (AvgIpc) is 2.89. The van der Waals surface area contributed by atoms with Gasteiger partial charge in [-0.15, -0.1) is 11.3 Å². The Labute approximate surface area is 132 Å². The quantitative estimate of drug-likeness (QED) is 0.695. The van der Waals surface area contributed by atoms with Crippen molar-refractivity contribution in [3.8, 4) is 0 Å². The fraction of sp³-hybridized carbons (Fsp3) is 0. The van der Waals surface area contributed by atoms with Gasteiger partial charge < -0.3 is 5.32 Å². The summed E-state index contributed by atoms with van der Waals surface area (Å²) in [5, 5.41) is 4.28. The van der Waals surface area contributed by atoms with Crippen molar-refractivity contribution in [1.82, 2.24) is 4.98 Å². The Hall–Kier alpha value is -1.43. The number of thiophene rings is 1. The topological polar surface area (TPSA) is 42.0 Å². The molecule has 0 aliphatic carbocycles. The van der Waals surface area contributed by atoms with E-state index in [0.29, 0.717) is 21.1 Å². The minimum absolute atomic E-state index is 0.145. The number of hydrogen-bond acceptors (Lipinski definition) is 3. The van der Waals surface area contributed by atoms with Gasteiger partial charge in [0.05, 0.1) is 24.9 Å². The van der Waals surface area contributed by atoms with Crippen LogP contribution in [0.1, 0.15) is 9.67 Å². The smallest absolute Gasteiger partial charge is 0.265 e. The number of nitrogens with one attached hydrogen (secondary N) is 1. The summed E-state index contributed by atoms with van der Waals surface area (Å²) in [5.74, 6) is -0.145. The summed E-state index contributed by atoms with van der Waals surface area (Å²) < 4.78 is 0.922. The zero-order valence-electron chi connectivity index (χ0n) is 10.1. The molecule has 0 atom stereocenters. The van der Waals surface area contributed by atoms with Gasteiger partial charge in [0.15, 0.2) is 0 Å². The van der Waals surface area contributed by atoms with Gasteiger partial charge in [-0.2, -0.15) is 0 Å². The number of carbonyl (C=O) groups is 1. The normalized spacial score (nSPS) is 10.7. The lowest BCUT2D eigenvalue weighted by Gasteiger charge is -2.08. The van der Waals surface area contributed by atoms with Crippen molar-refractivity contribution in [1.29, 1.82) is 0 Å². The molecular formula is C14H8BrClN2OS. The van der Waals surface area contributed by atoms with Gasteiger partial charge in [0.2, 0.25) is 0 Å². The number of halogens is 2. The lowest BCUT2D eigenvalue weighted by Crippen LogP contribution is -2.10. The number of benzene rings is 1. The zero-order chi connectivity index (χ0) is 14.1. The van der Waals surface area contributed by atoms with E-state index in [-0.39, 0.29) is 5.91 Å². The van der Waals surface area contributed by atoms with Crippen LogP contribution < -0.4 is 5.32 Å². The van der Waals surface area contributed by atoms with Gasteiger partial charge in [-0.25, -0.2) is 0 Å². The molecule has 0 saturated heterocycles. The Morgan fingerprint density at radius 3 is 2.85 bits per heavy atom. The predicted molar refractivity (Wildman–Crippen MR) is 86.7 cm³/mol. The molecule has 0 bridgehead atoms. The number of fused-ring (bicyclic) bond motifs is 1. The lowest BCUT2D eigenvalue weighted by atomic mass is 10.2. The SMILES string of the molecule is O=C(Nc1ccc(Cl)c2ncccc12)c1ccc(Br)s1. The fourth-order valence-corrected chi connectivity index (χ4v) is 3.36. The van der Waals surface area contributed by atoms with Gasteiger partial charge in [0.1, 0.15) is 0 Å². The van der Waals surface area contributed by atoms with Crippen LogP contribution in [-0.2, 0) is 0 Å². The summed E-state index contributed by atoms with van der Waals surface area (Å²) in [5.41, 5.74) is 1.38. The van der Waals surface area contributed by atoms with Crippen LogP contribution in [0.15, 0.2) is 46.4 Å². The van der Waals surface area contributed by atoms with Crippen LogP contribution in [-0.4, -0.2) is 10.9 Å². The first-order valence-electron chi connectivity index (χ1n) is 5.75. The van der Waals surface area contributed by atoms with E-state index in [4.69, 9.17) is 11.6 Å². The third kappa shape index (κ3) is 2.57. The second kappa shape index (κ2) is 5.52. The van der Waals surface area contributed by atoms with E-state index in [9.17, 15) is 4.79 Å². The minimum atomic E-state index is -0.145.